The van der Waals surface area contributed by atoms with Crippen molar-refractivity contribution in [3.63, 3.8) is 0 Å². The average Bonchev–Trinajstić information content (AvgIpc) is 3.12. The van der Waals surface area contributed by atoms with Gasteiger partial charge in [-0.2, -0.15) is 4.31 Å². The van der Waals surface area contributed by atoms with Gasteiger partial charge < -0.3 is 9.26 Å². The van der Waals surface area contributed by atoms with Crippen molar-refractivity contribution >= 4 is 21.6 Å². The Labute approximate surface area is 166 Å². The van der Waals surface area contributed by atoms with Gasteiger partial charge in [-0.05, 0) is 48.9 Å². The number of aromatic nitrogens is 1. The van der Waals surface area contributed by atoms with Crippen LogP contribution in [0.4, 0.5) is 4.39 Å². The first kappa shape index (κ1) is 18.9. The third kappa shape index (κ3) is 3.28. The number of ether oxygens (including phenoxy) is 1. The van der Waals surface area contributed by atoms with Crippen molar-refractivity contribution in [2.75, 3.05) is 13.7 Å². The molecule has 0 N–H and O–H groups in total. The molecule has 0 radical (unpaired) electrons. The molecule has 2 heterocycles. The molecule has 1 aliphatic heterocycles. The van der Waals surface area contributed by atoms with Crippen LogP contribution in [0.25, 0.3) is 11.3 Å². The standard InChI is InChI=1S/C19H16ClFN2O4S/c1-26-17-7-4-13(20)10-18(17)28(24,25)23-9-8-15-16(11-23)22-27-19(15)12-2-5-14(21)6-3-12/h2-7,10H,8-9,11H2,1H3. The van der Waals surface area contributed by atoms with Gasteiger partial charge in [0.05, 0.1) is 13.7 Å². The number of fused-ring (bicyclic) bond motifs is 1. The number of halogens is 2. The Morgan fingerprint density at radius 1 is 1.21 bits per heavy atom. The molecule has 9 heteroatoms. The summed E-state index contributed by atoms with van der Waals surface area (Å²) < 4.78 is 51.4. The van der Waals surface area contributed by atoms with Gasteiger partial charge in [-0.15, -0.1) is 0 Å². The third-order valence-corrected chi connectivity index (χ3v) is 6.76. The molecule has 6 nitrogen and oxygen atoms in total. The second kappa shape index (κ2) is 7.20. The monoisotopic (exact) mass is 422 g/mol. The van der Waals surface area contributed by atoms with E-state index in [2.05, 4.69) is 5.16 Å². The summed E-state index contributed by atoms with van der Waals surface area (Å²) in [5, 5.41) is 4.34. The van der Waals surface area contributed by atoms with Crippen LogP contribution < -0.4 is 4.74 Å². The van der Waals surface area contributed by atoms with Crippen LogP contribution in [-0.2, 0) is 23.0 Å². The van der Waals surface area contributed by atoms with Crippen molar-refractivity contribution in [1.29, 1.82) is 0 Å². The average molecular weight is 423 g/mol. The lowest BCUT2D eigenvalue weighted by atomic mass is 10.0. The van der Waals surface area contributed by atoms with E-state index < -0.39 is 10.0 Å². The van der Waals surface area contributed by atoms with Crippen molar-refractivity contribution in [2.24, 2.45) is 0 Å². The maximum absolute atomic E-state index is 13.2. The fraction of sp³-hybridized carbons (Fsp3) is 0.211. The number of hydrogen-bond donors (Lipinski definition) is 0. The summed E-state index contributed by atoms with van der Waals surface area (Å²) in [5.41, 5.74) is 2.06. The van der Waals surface area contributed by atoms with E-state index in [0.717, 1.165) is 5.56 Å². The molecular formula is C19H16ClFN2O4S. The Balaban J connectivity index is 1.66. The van der Waals surface area contributed by atoms with Gasteiger partial charge in [0.15, 0.2) is 5.76 Å². The second-order valence-corrected chi connectivity index (χ2v) is 8.67. The molecule has 2 aromatic carbocycles. The summed E-state index contributed by atoms with van der Waals surface area (Å²) in [6, 6.07) is 10.4. The van der Waals surface area contributed by atoms with E-state index >= 15 is 0 Å². The van der Waals surface area contributed by atoms with Gasteiger partial charge in [0, 0.05) is 22.7 Å². The van der Waals surface area contributed by atoms with Crippen molar-refractivity contribution < 1.29 is 22.1 Å². The highest BCUT2D eigenvalue weighted by Gasteiger charge is 2.34. The molecule has 28 heavy (non-hydrogen) atoms. The molecule has 0 bridgehead atoms. The maximum Gasteiger partial charge on any atom is 0.247 e. The van der Waals surface area contributed by atoms with E-state index in [1.165, 1.54) is 35.7 Å². The maximum atomic E-state index is 13.2. The van der Waals surface area contributed by atoms with Crippen LogP contribution in [0.2, 0.25) is 5.02 Å². The minimum atomic E-state index is -3.84. The molecule has 0 saturated heterocycles. The van der Waals surface area contributed by atoms with Crippen LogP contribution in [0, 0.1) is 5.82 Å². The van der Waals surface area contributed by atoms with Crippen molar-refractivity contribution in [3.05, 3.63) is 64.6 Å². The molecule has 4 rings (SSSR count). The molecule has 0 atom stereocenters. The smallest absolute Gasteiger partial charge is 0.247 e. The summed E-state index contributed by atoms with van der Waals surface area (Å²) in [4.78, 5) is 0.00760. The molecule has 0 saturated carbocycles. The molecule has 3 aromatic rings. The molecule has 0 fully saturated rings. The number of hydrogen-bond acceptors (Lipinski definition) is 5. The second-order valence-electron chi connectivity index (χ2n) is 6.33. The van der Waals surface area contributed by atoms with Gasteiger partial charge in [-0.25, -0.2) is 12.8 Å². The highest BCUT2D eigenvalue weighted by Crippen LogP contribution is 2.35. The quantitative estimate of drug-likeness (QED) is 0.637. The fourth-order valence-electron chi connectivity index (χ4n) is 3.23. The fourth-order valence-corrected chi connectivity index (χ4v) is 5.05. The zero-order valence-corrected chi connectivity index (χ0v) is 16.4. The largest absolute Gasteiger partial charge is 0.495 e. The van der Waals surface area contributed by atoms with Gasteiger partial charge in [-0.3, -0.25) is 0 Å². The van der Waals surface area contributed by atoms with E-state index in [0.29, 0.717) is 28.5 Å². The lowest BCUT2D eigenvalue weighted by Crippen LogP contribution is -2.36. The molecule has 146 valence electrons. The summed E-state index contributed by atoms with van der Waals surface area (Å²) >= 11 is 5.99. The van der Waals surface area contributed by atoms with Gasteiger partial charge in [-0.1, -0.05) is 16.8 Å². The Morgan fingerprint density at radius 3 is 2.68 bits per heavy atom. The van der Waals surface area contributed by atoms with E-state index in [1.54, 1.807) is 18.2 Å². The summed E-state index contributed by atoms with van der Waals surface area (Å²) in [6.45, 7) is 0.318. The summed E-state index contributed by atoms with van der Waals surface area (Å²) in [7, 11) is -2.43. The number of sulfonamides is 1. The summed E-state index contributed by atoms with van der Waals surface area (Å²) in [6.07, 6.45) is 0.424. The van der Waals surface area contributed by atoms with Crippen molar-refractivity contribution in [3.8, 4) is 17.1 Å². The molecule has 0 unspecified atom stereocenters. The Hall–Kier alpha value is -2.42. The normalized spacial score (nSPS) is 14.7. The SMILES string of the molecule is COc1ccc(Cl)cc1S(=O)(=O)N1CCc2c(noc2-c2ccc(F)cc2)C1. The topological polar surface area (TPSA) is 72.6 Å². The van der Waals surface area contributed by atoms with Crippen molar-refractivity contribution in [1.82, 2.24) is 9.46 Å². The summed E-state index contributed by atoms with van der Waals surface area (Å²) in [5.74, 6) is 0.416. The number of methoxy groups -OCH3 is 1. The van der Waals surface area contributed by atoms with Crippen LogP contribution in [0.15, 0.2) is 51.9 Å². The van der Waals surface area contributed by atoms with Gasteiger partial charge in [0.2, 0.25) is 10.0 Å². The van der Waals surface area contributed by atoms with Gasteiger partial charge in [0.25, 0.3) is 0 Å². The number of nitrogens with zero attached hydrogens (tertiary/aromatic N) is 2. The minimum Gasteiger partial charge on any atom is -0.495 e. The molecule has 0 amide bonds. The first-order chi connectivity index (χ1) is 13.4. The van der Waals surface area contributed by atoms with E-state index in [1.807, 2.05) is 0 Å². The first-order valence-electron chi connectivity index (χ1n) is 8.47. The molecule has 0 aliphatic carbocycles. The highest BCUT2D eigenvalue weighted by molar-refractivity contribution is 7.89. The minimum absolute atomic E-state index is 0.00760. The zero-order valence-electron chi connectivity index (χ0n) is 14.9. The highest BCUT2D eigenvalue weighted by atomic mass is 35.5. The van der Waals surface area contributed by atoms with Gasteiger partial charge >= 0.3 is 0 Å². The Bertz CT molecular complexity index is 1130. The molecule has 1 aliphatic rings. The Morgan fingerprint density at radius 2 is 1.96 bits per heavy atom. The van der Waals surface area contributed by atoms with Crippen LogP contribution in [0.3, 0.4) is 0 Å². The van der Waals surface area contributed by atoms with Crippen LogP contribution in [0.5, 0.6) is 5.75 Å². The predicted octanol–water partition coefficient (Wildman–Crippen LogP) is 3.89. The van der Waals surface area contributed by atoms with Crippen LogP contribution in [-0.4, -0.2) is 31.5 Å². The first-order valence-corrected chi connectivity index (χ1v) is 10.3. The molecular weight excluding hydrogens is 407 g/mol. The lowest BCUT2D eigenvalue weighted by Gasteiger charge is -2.26. The number of benzene rings is 2. The van der Waals surface area contributed by atoms with E-state index in [-0.39, 0.29) is 29.6 Å². The number of rotatable bonds is 4. The van der Waals surface area contributed by atoms with Crippen LogP contribution >= 0.6 is 11.6 Å². The Kier molecular flexibility index (Phi) is 4.86. The van der Waals surface area contributed by atoms with E-state index in [4.69, 9.17) is 20.9 Å². The van der Waals surface area contributed by atoms with E-state index in [9.17, 15) is 12.8 Å². The molecule has 0 spiro atoms. The van der Waals surface area contributed by atoms with Crippen molar-refractivity contribution in [2.45, 2.75) is 17.9 Å². The van der Waals surface area contributed by atoms with Gasteiger partial charge in [0.1, 0.15) is 22.2 Å². The third-order valence-electron chi connectivity index (χ3n) is 4.66. The van der Waals surface area contributed by atoms with Crippen LogP contribution in [0.1, 0.15) is 11.3 Å². The predicted molar refractivity (Wildman–Crippen MR) is 101 cm³/mol. The zero-order chi connectivity index (χ0) is 19.9. The molecule has 1 aromatic heterocycles. The lowest BCUT2D eigenvalue weighted by molar-refractivity contribution is 0.364.